The number of hydrogen-bond donors (Lipinski definition) is 5. The van der Waals surface area contributed by atoms with Crippen molar-refractivity contribution in [2.45, 2.75) is 68.3 Å². The van der Waals surface area contributed by atoms with Gasteiger partial charge in [0.2, 0.25) is 5.91 Å². The molecule has 0 spiro atoms. The molecule has 1 aromatic rings. The highest BCUT2D eigenvalue weighted by molar-refractivity contribution is 7.99. The van der Waals surface area contributed by atoms with Crippen LogP contribution in [-0.4, -0.2) is 88.7 Å². The molecule has 196 valence electrons. The van der Waals surface area contributed by atoms with E-state index in [1.807, 2.05) is 44.2 Å². The van der Waals surface area contributed by atoms with Gasteiger partial charge in [0.25, 0.3) is 0 Å². The van der Waals surface area contributed by atoms with Gasteiger partial charge in [-0.3, -0.25) is 4.79 Å². The molecule has 2 fully saturated rings. The standard InChI is InChI=1S/C27H36N2O6S/c1-15(2)19(25-22(31)21(30)23(32)27(35-25)36-3)29-26(33)20-24-18(14-28-20)13-17(11-12-34-24)10-9-16-7-5-4-6-8-16/h4-8,13,15,18-25,27-28,30-32H,11-12,14H2,1-3H3,(H,29,33)/t18-,19+,20-,21?,22?,23+,24+,25+,27?/m0/s1. The maximum absolute atomic E-state index is 13.4. The van der Waals surface area contributed by atoms with Gasteiger partial charge in [0, 0.05) is 30.0 Å². The Bertz CT molecular complexity index is 991. The minimum absolute atomic E-state index is 0.00943. The number of rotatable bonds is 5. The van der Waals surface area contributed by atoms with E-state index < -0.39 is 41.9 Å². The van der Waals surface area contributed by atoms with Crippen LogP contribution in [0.3, 0.4) is 0 Å². The molecular weight excluding hydrogens is 480 g/mol. The predicted octanol–water partition coefficient (Wildman–Crippen LogP) is 0.653. The fourth-order valence-corrected chi connectivity index (χ4v) is 5.71. The number of ether oxygens (including phenoxy) is 2. The van der Waals surface area contributed by atoms with Gasteiger partial charge >= 0.3 is 0 Å². The van der Waals surface area contributed by atoms with Gasteiger partial charge in [0.1, 0.15) is 35.9 Å². The van der Waals surface area contributed by atoms with Crippen LogP contribution in [0.2, 0.25) is 0 Å². The topological polar surface area (TPSA) is 120 Å². The van der Waals surface area contributed by atoms with Crippen LogP contribution in [0.5, 0.6) is 0 Å². The van der Waals surface area contributed by atoms with Crippen molar-refractivity contribution in [2.75, 3.05) is 19.4 Å². The van der Waals surface area contributed by atoms with E-state index >= 15 is 0 Å². The van der Waals surface area contributed by atoms with Crippen LogP contribution in [-0.2, 0) is 14.3 Å². The molecule has 36 heavy (non-hydrogen) atoms. The van der Waals surface area contributed by atoms with Crippen LogP contribution in [0.4, 0.5) is 0 Å². The van der Waals surface area contributed by atoms with Gasteiger partial charge in [-0.05, 0) is 24.3 Å². The van der Waals surface area contributed by atoms with E-state index in [2.05, 4.69) is 28.6 Å². The van der Waals surface area contributed by atoms with Gasteiger partial charge in [-0.1, -0.05) is 50.0 Å². The minimum Gasteiger partial charge on any atom is -0.388 e. The molecule has 9 atom stereocenters. The van der Waals surface area contributed by atoms with E-state index in [1.54, 1.807) is 6.26 Å². The molecule has 3 unspecified atom stereocenters. The third-order valence-corrected chi connectivity index (χ3v) is 7.92. The maximum atomic E-state index is 13.4. The zero-order valence-electron chi connectivity index (χ0n) is 20.8. The average Bonchev–Trinajstić information content (AvgIpc) is 3.16. The van der Waals surface area contributed by atoms with E-state index in [0.29, 0.717) is 19.6 Å². The molecule has 2 saturated heterocycles. The first-order chi connectivity index (χ1) is 17.3. The summed E-state index contributed by atoms with van der Waals surface area (Å²) in [6.45, 7) is 4.90. The summed E-state index contributed by atoms with van der Waals surface area (Å²) in [7, 11) is 0. The van der Waals surface area contributed by atoms with Crippen LogP contribution in [0.1, 0.15) is 25.8 Å². The molecule has 3 aliphatic rings. The van der Waals surface area contributed by atoms with Crippen molar-refractivity contribution in [1.29, 1.82) is 0 Å². The Kier molecular flexibility index (Phi) is 9.12. The number of benzene rings is 1. The number of fused-ring (bicyclic) bond motifs is 1. The summed E-state index contributed by atoms with van der Waals surface area (Å²) in [5, 5.41) is 37.5. The highest BCUT2D eigenvalue weighted by Crippen LogP contribution is 2.31. The molecule has 5 N–H and O–H groups in total. The maximum Gasteiger partial charge on any atom is 0.240 e. The second-order valence-electron chi connectivity index (χ2n) is 9.90. The second kappa shape index (κ2) is 12.1. The van der Waals surface area contributed by atoms with Crippen molar-refractivity contribution < 1.29 is 29.6 Å². The number of carbonyl (C=O) groups excluding carboxylic acids is 1. The summed E-state index contributed by atoms with van der Waals surface area (Å²) in [6.07, 6.45) is -0.540. The first kappa shape index (κ1) is 27.1. The third kappa shape index (κ3) is 5.97. The molecule has 4 rings (SSSR count). The molecule has 3 heterocycles. The van der Waals surface area contributed by atoms with Crippen LogP contribution < -0.4 is 10.6 Å². The Hall–Kier alpha value is -1.90. The van der Waals surface area contributed by atoms with Crippen molar-refractivity contribution in [2.24, 2.45) is 11.8 Å². The normalized spacial score (nSPS) is 35.1. The number of thioether (sulfide) groups is 1. The highest BCUT2D eigenvalue weighted by Gasteiger charge is 2.48. The van der Waals surface area contributed by atoms with Gasteiger partial charge in [0.05, 0.1) is 18.8 Å². The fraction of sp³-hybridized carbons (Fsp3) is 0.593. The van der Waals surface area contributed by atoms with Crippen LogP contribution >= 0.6 is 11.8 Å². The summed E-state index contributed by atoms with van der Waals surface area (Å²) >= 11 is 1.25. The monoisotopic (exact) mass is 516 g/mol. The molecule has 1 aromatic carbocycles. The third-order valence-electron chi connectivity index (χ3n) is 7.06. The largest absolute Gasteiger partial charge is 0.388 e. The average molecular weight is 517 g/mol. The highest BCUT2D eigenvalue weighted by atomic mass is 32.2. The van der Waals surface area contributed by atoms with E-state index in [0.717, 1.165) is 11.1 Å². The van der Waals surface area contributed by atoms with E-state index in [-0.39, 0.29) is 23.8 Å². The molecule has 0 aliphatic carbocycles. The number of carbonyl (C=O) groups is 1. The Morgan fingerprint density at radius 2 is 1.89 bits per heavy atom. The van der Waals surface area contributed by atoms with Gasteiger partial charge < -0.3 is 35.4 Å². The van der Waals surface area contributed by atoms with Crippen molar-refractivity contribution in [3.8, 4) is 11.8 Å². The van der Waals surface area contributed by atoms with Gasteiger partial charge in [-0.15, -0.1) is 11.8 Å². The van der Waals surface area contributed by atoms with E-state index in [1.165, 1.54) is 11.8 Å². The molecule has 0 saturated carbocycles. The quantitative estimate of drug-likeness (QED) is 0.362. The minimum atomic E-state index is -1.36. The van der Waals surface area contributed by atoms with E-state index in [4.69, 9.17) is 9.47 Å². The first-order valence-corrected chi connectivity index (χ1v) is 13.7. The van der Waals surface area contributed by atoms with Crippen molar-refractivity contribution in [3.05, 3.63) is 47.5 Å². The van der Waals surface area contributed by atoms with E-state index in [9.17, 15) is 20.1 Å². The van der Waals surface area contributed by atoms with Crippen molar-refractivity contribution in [1.82, 2.24) is 10.6 Å². The van der Waals surface area contributed by atoms with Crippen molar-refractivity contribution in [3.63, 3.8) is 0 Å². The van der Waals surface area contributed by atoms with Crippen molar-refractivity contribution >= 4 is 17.7 Å². The number of amides is 1. The second-order valence-corrected chi connectivity index (χ2v) is 10.8. The number of aliphatic hydroxyl groups is 3. The summed E-state index contributed by atoms with van der Waals surface area (Å²) in [5.41, 5.74) is 1.25. The van der Waals surface area contributed by atoms with Gasteiger partial charge in [0.15, 0.2) is 0 Å². The molecule has 8 nitrogen and oxygen atoms in total. The van der Waals surface area contributed by atoms with Gasteiger partial charge in [-0.2, -0.15) is 0 Å². The molecule has 9 heteroatoms. The Morgan fingerprint density at radius 3 is 2.58 bits per heavy atom. The lowest BCUT2D eigenvalue weighted by Gasteiger charge is -2.44. The Morgan fingerprint density at radius 1 is 1.14 bits per heavy atom. The number of aliphatic hydroxyl groups excluding tert-OH is 3. The molecule has 0 aromatic heterocycles. The summed E-state index contributed by atoms with van der Waals surface area (Å²) in [5.74, 6) is 6.13. The fourth-order valence-electron chi connectivity index (χ4n) is 5.03. The van der Waals surface area contributed by atoms with Crippen LogP contribution in [0, 0.1) is 23.7 Å². The molecule has 3 aliphatic heterocycles. The zero-order valence-corrected chi connectivity index (χ0v) is 21.7. The lowest BCUT2D eigenvalue weighted by Crippen LogP contribution is -2.65. The van der Waals surface area contributed by atoms with Gasteiger partial charge in [-0.25, -0.2) is 0 Å². The first-order valence-electron chi connectivity index (χ1n) is 12.5. The lowest BCUT2D eigenvalue weighted by atomic mass is 9.88. The summed E-state index contributed by atoms with van der Waals surface area (Å²) < 4.78 is 12.1. The zero-order chi connectivity index (χ0) is 25.8. The molecule has 1 amide bonds. The Balaban J connectivity index is 1.45. The number of nitrogens with one attached hydrogen (secondary N) is 2. The molecule has 0 bridgehead atoms. The Labute approximate surface area is 216 Å². The predicted molar refractivity (Wildman–Crippen MR) is 138 cm³/mol. The number of hydrogen-bond acceptors (Lipinski definition) is 8. The molecular formula is C27H36N2O6S. The SMILES string of the molecule is CSC1O[C@H]([C@H](NC(=O)[C@H]2NC[C@@H]3C=C(C#Cc4ccccc4)CCO[C@@H]23)C(C)C)C(O)C(O)[C@H]1O. The smallest absolute Gasteiger partial charge is 0.240 e. The molecule has 0 radical (unpaired) electrons. The lowest BCUT2D eigenvalue weighted by molar-refractivity contribution is -0.208. The van der Waals surface area contributed by atoms with Crippen LogP contribution in [0.25, 0.3) is 0 Å². The summed E-state index contributed by atoms with van der Waals surface area (Å²) in [6, 6.07) is 8.68. The summed E-state index contributed by atoms with van der Waals surface area (Å²) in [4.78, 5) is 13.4. The van der Waals surface area contributed by atoms with Crippen LogP contribution in [0.15, 0.2) is 42.0 Å².